The molecule has 1 amide bonds. The molecule has 0 spiro atoms. The highest BCUT2D eigenvalue weighted by Gasteiger charge is 2.63. The Morgan fingerprint density at radius 2 is 1.93 bits per heavy atom. The number of nitrogens with zero attached hydrogens (tertiary/aromatic N) is 2. The van der Waals surface area contributed by atoms with Crippen LogP contribution in [-0.4, -0.2) is 60.1 Å². The van der Waals surface area contributed by atoms with Crippen molar-refractivity contribution in [1.82, 2.24) is 9.80 Å². The first-order valence-corrected chi connectivity index (χ1v) is 9.94. The van der Waals surface area contributed by atoms with Gasteiger partial charge in [-0.25, -0.2) is 4.39 Å². The second-order valence-corrected chi connectivity index (χ2v) is 8.39. The van der Waals surface area contributed by atoms with E-state index >= 15 is 0 Å². The van der Waals surface area contributed by atoms with Gasteiger partial charge in [0.05, 0.1) is 6.10 Å². The van der Waals surface area contributed by atoms with E-state index in [0.717, 1.165) is 38.2 Å². The number of halogens is 1. The third kappa shape index (κ3) is 3.89. The van der Waals surface area contributed by atoms with Crippen LogP contribution in [0.3, 0.4) is 0 Å². The smallest absolute Gasteiger partial charge is 0.243 e. The third-order valence-corrected chi connectivity index (χ3v) is 6.41. The summed E-state index contributed by atoms with van der Waals surface area (Å²) < 4.78 is 18.8. The van der Waals surface area contributed by atoms with Crippen LogP contribution in [0.5, 0.6) is 0 Å². The summed E-state index contributed by atoms with van der Waals surface area (Å²) in [6.07, 6.45) is 1.54. The molecule has 5 nitrogen and oxygen atoms in total. The summed E-state index contributed by atoms with van der Waals surface area (Å²) in [6.45, 7) is 10.6. The molecule has 1 aliphatic heterocycles. The first-order valence-electron chi connectivity index (χ1n) is 9.94. The van der Waals surface area contributed by atoms with Gasteiger partial charge in [-0.1, -0.05) is 26.0 Å². The molecule has 2 N–H and O–H groups in total. The van der Waals surface area contributed by atoms with Crippen molar-refractivity contribution < 1.29 is 13.9 Å². The van der Waals surface area contributed by atoms with Crippen molar-refractivity contribution in [3.8, 4) is 0 Å². The van der Waals surface area contributed by atoms with Crippen molar-refractivity contribution >= 4 is 5.91 Å². The molecule has 27 heavy (non-hydrogen) atoms. The summed E-state index contributed by atoms with van der Waals surface area (Å²) in [5.74, 6) is -0.166. The van der Waals surface area contributed by atoms with Gasteiger partial charge in [-0.3, -0.25) is 9.69 Å². The quantitative estimate of drug-likeness (QED) is 0.856. The van der Waals surface area contributed by atoms with Crippen molar-refractivity contribution in [3.63, 3.8) is 0 Å². The average molecular weight is 378 g/mol. The second kappa shape index (κ2) is 7.86. The molecule has 1 saturated heterocycles. The molecule has 6 heteroatoms. The van der Waals surface area contributed by atoms with E-state index in [4.69, 9.17) is 10.5 Å². The highest BCUT2D eigenvalue weighted by molar-refractivity contribution is 5.89. The van der Waals surface area contributed by atoms with Crippen LogP contribution in [0.1, 0.15) is 39.2 Å². The fraction of sp³-hybridized carbons (Fsp3) is 0.667. The van der Waals surface area contributed by atoms with Crippen LogP contribution in [0.25, 0.3) is 0 Å². The van der Waals surface area contributed by atoms with E-state index < -0.39 is 5.54 Å². The number of amides is 1. The van der Waals surface area contributed by atoms with Crippen molar-refractivity contribution in [2.45, 2.75) is 51.8 Å². The lowest BCUT2D eigenvalue weighted by Gasteiger charge is -2.58. The fourth-order valence-electron chi connectivity index (χ4n) is 4.26. The molecule has 150 valence electrons. The zero-order chi connectivity index (χ0) is 19.7. The van der Waals surface area contributed by atoms with E-state index in [9.17, 15) is 9.18 Å². The lowest BCUT2D eigenvalue weighted by molar-refractivity contribution is -0.179. The van der Waals surface area contributed by atoms with Crippen molar-refractivity contribution in [3.05, 3.63) is 35.6 Å². The summed E-state index contributed by atoms with van der Waals surface area (Å²) in [5, 5.41) is 0. The maximum atomic E-state index is 13.2. The van der Waals surface area contributed by atoms with Crippen molar-refractivity contribution in [2.75, 3.05) is 32.8 Å². The summed E-state index contributed by atoms with van der Waals surface area (Å²) in [7, 11) is 0. The SMILES string of the molecule is CCOC1CC(N)(C(=O)N2CCCN(Cc3ccc(F)cc3)CC2)C1(C)C. The first kappa shape index (κ1) is 20.2. The molecule has 0 aromatic heterocycles. The number of carbonyl (C=O) groups excluding carboxylic acids is 1. The molecular weight excluding hydrogens is 345 g/mol. The molecule has 2 aliphatic rings. The Kier molecular flexibility index (Phi) is 5.89. The molecule has 1 heterocycles. The van der Waals surface area contributed by atoms with Gasteiger partial charge in [0.2, 0.25) is 5.91 Å². The molecule has 2 fully saturated rings. The molecule has 0 radical (unpaired) electrons. The van der Waals surface area contributed by atoms with Crippen LogP contribution < -0.4 is 5.73 Å². The van der Waals surface area contributed by atoms with Crippen LogP contribution in [0.4, 0.5) is 4.39 Å². The number of hydrogen-bond donors (Lipinski definition) is 1. The van der Waals surface area contributed by atoms with Gasteiger partial charge in [-0.2, -0.15) is 0 Å². The van der Waals surface area contributed by atoms with Gasteiger partial charge in [0, 0.05) is 51.2 Å². The predicted molar refractivity (Wildman–Crippen MR) is 104 cm³/mol. The molecule has 2 atom stereocenters. The van der Waals surface area contributed by atoms with Crippen molar-refractivity contribution in [2.24, 2.45) is 11.1 Å². The fourth-order valence-corrected chi connectivity index (χ4v) is 4.26. The molecule has 1 aromatic carbocycles. The van der Waals surface area contributed by atoms with Gasteiger partial charge in [-0.05, 0) is 31.0 Å². The molecule has 0 bridgehead atoms. The van der Waals surface area contributed by atoms with E-state index in [1.807, 2.05) is 37.8 Å². The van der Waals surface area contributed by atoms with E-state index in [1.165, 1.54) is 12.1 Å². The standard InChI is InChI=1S/C21H32FN3O2/c1-4-27-18-14-21(23,20(18,2)3)19(26)25-11-5-10-24(12-13-25)15-16-6-8-17(22)9-7-16/h6-9,18H,4-5,10-15,23H2,1-3H3. The maximum absolute atomic E-state index is 13.2. The number of ether oxygens (including phenoxy) is 1. The van der Waals surface area contributed by atoms with E-state index in [1.54, 1.807) is 0 Å². The monoisotopic (exact) mass is 377 g/mol. The van der Waals surface area contributed by atoms with Crippen LogP contribution >= 0.6 is 0 Å². The summed E-state index contributed by atoms with van der Waals surface area (Å²) in [6, 6.07) is 6.63. The van der Waals surface area contributed by atoms with Gasteiger partial charge in [0.1, 0.15) is 11.4 Å². The number of carbonyl (C=O) groups is 1. The van der Waals surface area contributed by atoms with Crippen molar-refractivity contribution in [1.29, 1.82) is 0 Å². The van der Waals surface area contributed by atoms with Gasteiger partial charge < -0.3 is 15.4 Å². The lowest BCUT2D eigenvalue weighted by Crippen LogP contribution is -2.76. The normalized spacial score (nSPS) is 28.5. The van der Waals surface area contributed by atoms with Crippen LogP contribution in [0.15, 0.2) is 24.3 Å². The minimum absolute atomic E-state index is 0.0402. The van der Waals surface area contributed by atoms with E-state index in [2.05, 4.69) is 4.90 Å². The number of nitrogens with two attached hydrogens (primary N) is 1. The largest absolute Gasteiger partial charge is 0.378 e. The Morgan fingerprint density at radius 3 is 2.56 bits per heavy atom. The zero-order valence-electron chi connectivity index (χ0n) is 16.7. The highest BCUT2D eigenvalue weighted by atomic mass is 19.1. The van der Waals surface area contributed by atoms with Crippen LogP contribution in [-0.2, 0) is 16.1 Å². The summed E-state index contributed by atoms with van der Waals surface area (Å²) in [4.78, 5) is 17.5. The number of hydrogen-bond acceptors (Lipinski definition) is 4. The molecule has 1 aliphatic carbocycles. The molecule has 3 rings (SSSR count). The lowest BCUT2D eigenvalue weighted by atomic mass is 9.54. The van der Waals surface area contributed by atoms with Gasteiger partial charge in [0.25, 0.3) is 0 Å². The number of benzene rings is 1. The Balaban J connectivity index is 1.59. The highest BCUT2D eigenvalue weighted by Crippen LogP contribution is 2.50. The predicted octanol–water partition coefficient (Wildman–Crippen LogP) is 2.39. The zero-order valence-corrected chi connectivity index (χ0v) is 16.7. The van der Waals surface area contributed by atoms with Gasteiger partial charge in [0.15, 0.2) is 0 Å². The third-order valence-electron chi connectivity index (χ3n) is 6.41. The van der Waals surface area contributed by atoms with Crippen LogP contribution in [0.2, 0.25) is 0 Å². The maximum Gasteiger partial charge on any atom is 0.243 e. The Labute approximate surface area is 161 Å². The average Bonchev–Trinajstić information content (AvgIpc) is 2.88. The summed E-state index contributed by atoms with van der Waals surface area (Å²) >= 11 is 0. The minimum atomic E-state index is -0.848. The topological polar surface area (TPSA) is 58.8 Å². The van der Waals surface area contributed by atoms with Crippen LogP contribution in [0, 0.1) is 11.2 Å². The second-order valence-electron chi connectivity index (χ2n) is 8.39. The first-order chi connectivity index (χ1) is 12.8. The van der Waals surface area contributed by atoms with E-state index in [-0.39, 0.29) is 23.2 Å². The minimum Gasteiger partial charge on any atom is -0.378 e. The van der Waals surface area contributed by atoms with Gasteiger partial charge >= 0.3 is 0 Å². The molecule has 1 aromatic rings. The Bertz CT molecular complexity index is 664. The summed E-state index contributed by atoms with van der Waals surface area (Å²) in [5.41, 5.74) is 6.46. The Morgan fingerprint density at radius 1 is 1.22 bits per heavy atom. The molecular formula is C21H32FN3O2. The molecule has 1 saturated carbocycles. The molecule has 2 unspecified atom stereocenters. The number of rotatable bonds is 5. The van der Waals surface area contributed by atoms with E-state index in [0.29, 0.717) is 19.6 Å². The van der Waals surface area contributed by atoms with Gasteiger partial charge in [-0.15, -0.1) is 0 Å². The Hall–Kier alpha value is -1.50.